The molecule has 2 heterocycles. The first-order chi connectivity index (χ1) is 8.99. The number of H-pyrrole nitrogens is 1. The minimum Gasteiger partial charge on any atom is -0.478 e. The number of rotatable bonds is 5. The molecule has 19 heavy (non-hydrogen) atoms. The van der Waals surface area contributed by atoms with E-state index in [1.54, 1.807) is 0 Å². The van der Waals surface area contributed by atoms with Crippen LogP contribution in [0.4, 0.5) is 0 Å². The predicted molar refractivity (Wildman–Crippen MR) is 66.0 cm³/mol. The summed E-state index contributed by atoms with van der Waals surface area (Å²) in [5, 5.41) is 8.82. The molecule has 0 spiro atoms. The van der Waals surface area contributed by atoms with E-state index < -0.39 is 16.0 Å². The Labute approximate surface area is 109 Å². The SMILES string of the molecule is O=C(O)c1ccnc(CNS(=O)(=O)c2cc[nH]c2)c1. The molecular weight excluding hydrogens is 270 g/mol. The minimum absolute atomic E-state index is 0.0610. The third-order valence-electron chi connectivity index (χ3n) is 2.39. The van der Waals surface area contributed by atoms with Crippen molar-refractivity contribution in [2.24, 2.45) is 0 Å². The van der Waals surface area contributed by atoms with E-state index in [2.05, 4.69) is 14.7 Å². The molecule has 0 saturated carbocycles. The van der Waals surface area contributed by atoms with Crippen molar-refractivity contribution < 1.29 is 18.3 Å². The molecule has 0 radical (unpaired) electrons. The van der Waals surface area contributed by atoms with E-state index in [9.17, 15) is 13.2 Å². The Morgan fingerprint density at radius 3 is 2.84 bits per heavy atom. The third-order valence-corrected chi connectivity index (χ3v) is 3.79. The van der Waals surface area contributed by atoms with Gasteiger partial charge in [-0.3, -0.25) is 4.98 Å². The lowest BCUT2D eigenvalue weighted by atomic mass is 10.2. The molecule has 2 aromatic rings. The van der Waals surface area contributed by atoms with Crippen molar-refractivity contribution in [1.29, 1.82) is 0 Å². The maximum atomic E-state index is 11.8. The number of carboxylic acid groups (broad SMARTS) is 1. The van der Waals surface area contributed by atoms with Crippen molar-refractivity contribution in [2.75, 3.05) is 0 Å². The van der Waals surface area contributed by atoms with Gasteiger partial charge in [-0.05, 0) is 18.2 Å². The van der Waals surface area contributed by atoms with Crippen molar-refractivity contribution in [3.8, 4) is 0 Å². The Kier molecular flexibility index (Phi) is 3.63. The van der Waals surface area contributed by atoms with E-state index in [-0.39, 0.29) is 17.0 Å². The maximum absolute atomic E-state index is 11.8. The normalized spacial score (nSPS) is 11.4. The monoisotopic (exact) mass is 281 g/mol. The molecule has 0 saturated heterocycles. The zero-order valence-electron chi connectivity index (χ0n) is 9.70. The van der Waals surface area contributed by atoms with Gasteiger partial charge in [0.2, 0.25) is 10.0 Å². The van der Waals surface area contributed by atoms with Gasteiger partial charge in [0.25, 0.3) is 0 Å². The van der Waals surface area contributed by atoms with Crippen LogP contribution in [0.5, 0.6) is 0 Å². The zero-order valence-corrected chi connectivity index (χ0v) is 10.5. The van der Waals surface area contributed by atoms with Crippen LogP contribution in [0, 0.1) is 0 Å². The van der Waals surface area contributed by atoms with Gasteiger partial charge in [-0.15, -0.1) is 0 Å². The van der Waals surface area contributed by atoms with Crippen molar-refractivity contribution in [3.05, 3.63) is 48.0 Å². The molecule has 0 aliphatic heterocycles. The number of pyridine rings is 1. The Morgan fingerprint density at radius 1 is 1.42 bits per heavy atom. The number of hydrogen-bond donors (Lipinski definition) is 3. The number of nitrogens with one attached hydrogen (secondary N) is 2. The summed E-state index contributed by atoms with van der Waals surface area (Å²) in [5.41, 5.74) is 0.393. The van der Waals surface area contributed by atoms with Crippen LogP contribution in [0.3, 0.4) is 0 Å². The quantitative estimate of drug-likeness (QED) is 0.742. The fourth-order valence-corrected chi connectivity index (χ4v) is 2.41. The van der Waals surface area contributed by atoms with Crippen LogP contribution < -0.4 is 4.72 Å². The number of hydrogen-bond acceptors (Lipinski definition) is 4. The largest absolute Gasteiger partial charge is 0.478 e. The summed E-state index contributed by atoms with van der Waals surface area (Å²) >= 11 is 0. The van der Waals surface area contributed by atoms with Crippen LogP contribution in [0.15, 0.2) is 41.7 Å². The summed E-state index contributed by atoms with van der Waals surface area (Å²) in [6.07, 6.45) is 4.17. The van der Waals surface area contributed by atoms with Crippen LogP contribution >= 0.6 is 0 Å². The Morgan fingerprint density at radius 2 is 2.21 bits per heavy atom. The number of aromatic amines is 1. The number of carboxylic acids is 1. The minimum atomic E-state index is -3.62. The van der Waals surface area contributed by atoms with Gasteiger partial charge < -0.3 is 10.1 Å². The Balaban J connectivity index is 2.11. The summed E-state index contributed by atoms with van der Waals surface area (Å²) in [7, 11) is -3.62. The highest BCUT2D eigenvalue weighted by molar-refractivity contribution is 7.89. The van der Waals surface area contributed by atoms with E-state index >= 15 is 0 Å². The first kappa shape index (κ1) is 13.2. The zero-order chi connectivity index (χ0) is 13.9. The van der Waals surface area contributed by atoms with Crippen LogP contribution in [0.1, 0.15) is 16.1 Å². The molecule has 0 fully saturated rings. The lowest BCUT2D eigenvalue weighted by Crippen LogP contribution is -2.23. The fraction of sp³-hybridized carbons (Fsp3) is 0.0909. The van der Waals surface area contributed by atoms with E-state index in [1.807, 2.05) is 0 Å². The van der Waals surface area contributed by atoms with Crippen LogP contribution in [-0.2, 0) is 16.6 Å². The molecule has 0 aromatic carbocycles. The van der Waals surface area contributed by atoms with E-state index in [0.717, 1.165) is 0 Å². The van der Waals surface area contributed by atoms with Crippen molar-refractivity contribution >= 4 is 16.0 Å². The van der Waals surface area contributed by atoms with E-state index in [4.69, 9.17) is 5.11 Å². The first-order valence-corrected chi connectivity index (χ1v) is 6.78. The van der Waals surface area contributed by atoms with Crippen molar-refractivity contribution in [3.63, 3.8) is 0 Å². The van der Waals surface area contributed by atoms with Crippen molar-refractivity contribution in [2.45, 2.75) is 11.4 Å². The van der Waals surface area contributed by atoms with Crippen molar-refractivity contribution in [1.82, 2.24) is 14.7 Å². The first-order valence-electron chi connectivity index (χ1n) is 5.30. The van der Waals surface area contributed by atoms with E-state index in [0.29, 0.717) is 5.69 Å². The number of carbonyl (C=O) groups is 1. The summed E-state index contributed by atoms with van der Waals surface area (Å²) in [5.74, 6) is -1.09. The second-order valence-corrected chi connectivity index (χ2v) is 5.48. The average Bonchev–Trinajstić information content (AvgIpc) is 2.91. The highest BCUT2D eigenvalue weighted by atomic mass is 32.2. The molecule has 0 amide bonds. The highest BCUT2D eigenvalue weighted by Crippen LogP contribution is 2.08. The molecule has 0 aliphatic rings. The lowest BCUT2D eigenvalue weighted by Gasteiger charge is -2.05. The van der Waals surface area contributed by atoms with E-state index in [1.165, 1.54) is 36.8 Å². The smallest absolute Gasteiger partial charge is 0.335 e. The molecule has 100 valence electrons. The molecule has 2 aromatic heterocycles. The van der Waals surface area contributed by atoms with Gasteiger partial charge in [-0.25, -0.2) is 17.9 Å². The average molecular weight is 281 g/mol. The molecule has 2 rings (SSSR count). The van der Waals surface area contributed by atoms with Gasteiger partial charge in [0.05, 0.1) is 22.7 Å². The summed E-state index contributed by atoms with van der Waals surface area (Å²) in [4.78, 5) is 17.4. The molecule has 0 bridgehead atoms. The second kappa shape index (κ2) is 5.21. The molecular formula is C11H11N3O4S. The fourth-order valence-electron chi connectivity index (χ4n) is 1.44. The Hall–Kier alpha value is -2.19. The highest BCUT2D eigenvalue weighted by Gasteiger charge is 2.14. The van der Waals surface area contributed by atoms with Gasteiger partial charge in [0.15, 0.2) is 0 Å². The van der Waals surface area contributed by atoms with Gasteiger partial charge in [0, 0.05) is 18.6 Å². The molecule has 8 heteroatoms. The summed E-state index contributed by atoms with van der Waals surface area (Å²) in [6, 6.07) is 4.08. The standard InChI is InChI=1S/C11H11N3O4S/c15-11(16)8-1-4-13-9(5-8)6-14-19(17,18)10-2-3-12-7-10/h1-5,7,12,14H,6H2,(H,15,16). The number of aromatic carboxylic acids is 1. The number of nitrogens with zero attached hydrogens (tertiary/aromatic N) is 1. The lowest BCUT2D eigenvalue weighted by molar-refractivity contribution is 0.0696. The molecule has 0 aliphatic carbocycles. The summed E-state index contributed by atoms with van der Waals surface area (Å²) in [6.45, 7) is -0.0748. The predicted octanol–water partition coefficient (Wildman–Crippen LogP) is 0.586. The third kappa shape index (κ3) is 3.18. The molecule has 0 atom stereocenters. The molecule has 7 nitrogen and oxygen atoms in total. The molecule has 3 N–H and O–H groups in total. The van der Waals surface area contributed by atoms with Crippen LogP contribution in [0.2, 0.25) is 0 Å². The number of aromatic nitrogens is 2. The second-order valence-electron chi connectivity index (χ2n) is 3.71. The topological polar surface area (TPSA) is 112 Å². The summed E-state index contributed by atoms with van der Waals surface area (Å²) < 4.78 is 26.0. The van der Waals surface area contributed by atoms with Crippen LogP contribution in [0.25, 0.3) is 0 Å². The number of sulfonamides is 1. The van der Waals surface area contributed by atoms with Gasteiger partial charge in [-0.2, -0.15) is 0 Å². The van der Waals surface area contributed by atoms with Crippen LogP contribution in [-0.4, -0.2) is 29.5 Å². The molecule has 0 unspecified atom stereocenters. The Bertz CT molecular complexity index is 680. The van der Waals surface area contributed by atoms with Gasteiger partial charge in [0.1, 0.15) is 0 Å². The van der Waals surface area contributed by atoms with Gasteiger partial charge >= 0.3 is 5.97 Å². The van der Waals surface area contributed by atoms with Gasteiger partial charge in [-0.1, -0.05) is 0 Å². The maximum Gasteiger partial charge on any atom is 0.335 e.